The summed E-state index contributed by atoms with van der Waals surface area (Å²) in [5.74, 6) is -0.338. The van der Waals surface area contributed by atoms with Crippen LogP contribution in [0.3, 0.4) is 0 Å². The number of aliphatic imine (C=N–C) groups is 1. The van der Waals surface area contributed by atoms with E-state index in [1.165, 1.54) is 4.31 Å². The van der Waals surface area contributed by atoms with Crippen LogP contribution in [0.5, 0.6) is 0 Å². The van der Waals surface area contributed by atoms with Crippen molar-refractivity contribution < 1.29 is 17.5 Å². The molecule has 0 bridgehead atoms. The van der Waals surface area contributed by atoms with Crippen molar-refractivity contribution in [2.45, 2.75) is 68.7 Å². The average molecular weight is 487 g/mol. The third-order valence-corrected chi connectivity index (χ3v) is 9.98. The molecule has 0 aliphatic carbocycles. The van der Waals surface area contributed by atoms with Gasteiger partial charge in [-0.15, -0.1) is 0 Å². The van der Waals surface area contributed by atoms with Gasteiger partial charge in [0, 0.05) is 37.9 Å². The van der Waals surface area contributed by atoms with Crippen LogP contribution in [-0.2, 0) is 26.7 Å². The number of nitrogens with zero attached hydrogens (tertiary/aromatic N) is 2. The Morgan fingerprint density at radius 2 is 1.88 bits per heavy atom. The fourth-order valence-electron chi connectivity index (χ4n) is 5.50. The van der Waals surface area contributed by atoms with Gasteiger partial charge in [0.2, 0.25) is 10.0 Å². The summed E-state index contributed by atoms with van der Waals surface area (Å²) in [7, 11) is -3.61. The zero-order chi connectivity index (χ0) is 24.2. The maximum absolute atomic E-state index is 15.4. The van der Waals surface area contributed by atoms with Crippen LogP contribution in [0.1, 0.15) is 67.4 Å². The fraction of sp³-hybridized carbons (Fsp3) is 0.519. The predicted molar refractivity (Wildman–Crippen MR) is 134 cm³/mol. The van der Waals surface area contributed by atoms with Gasteiger partial charge in [0.15, 0.2) is 0 Å². The first-order valence-electron chi connectivity index (χ1n) is 12.2. The number of hydrogen-bond donors (Lipinski definition) is 0. The minimum Gasteiger partial charge on any atom is -0.381 e. The molecule has 5 nitrogen and oxygen atoms in total. The summed E-state index contributed by atoms with van der Waals surface area (Å²) in [6, 6.07) is 14.6. The molecule has 0 amide bonds. The van der Waals surface area contributed by atoms with Crippen LogP contribution < -0.4 is 0 Å². The lowest BCUT2D eigenvalue weighted by Crippen LogP contribution is -2.44. The third-order valence-electron chi connectivity index (χ3n) is 7.61. The Hall–Kier alpha value is -2.09. The van der Waals surface area contributed by atoms with E-state index < -0.39 is 15.3 Å². The molecule has 0 aromatic heterocycles. The summed E-state index contributed by atoms with van der Waals surface area (Å²) in [5, 5.41) is -0.587. The molecule has 34 heavy (non-hydrogen) atoms. The zero-order valence-corrected chi connectivity index (χ0v) is 20.8. The molecule has 4 rings (SSSR count). The number of ether oxygens (including phenoxy) is 1. The number of sulfonamides is 1. The largest absolute Gasteiger partial charge is 0.381 e. The van der Waals surface area contributed by atoms with Gasteiger partial charge >= 0.3 is 0 Å². The Bertz CT molecular complexity index is 1080. The lowest BCUT2D eigenvalue weighted by atomic mass is 9.71. The molecule has 0 radical (unpaired) electrons. The van der Waals surface area contributed by atoms with E-state index >= 15 is 4.39 Å². The Kier molecular flexibility index (Phi) is 7.85. The predicted octanol–water partition coefficient (Wildman–Crippen LogP) is 5.41. The molecule has 2 aromatic carbocycles. The van der Waals surface area contributed by atoms with Crippen LogP contribution in [0.25, 0.3) is 0 Å². The second-order valence-corrected chi connectivity index (χ2v) is 11.7. The molecule has 2 aromatic rings. The highest BCUT2D eigenvalue weighted by Crippen LogP contribution is 2.41. The lowest BCUT2D eigenvalue weighted by Gasteiger charge is -2.39. The van der Waals surface area contributed by atoms with Crippen molar-refractivity contribution >= 4 is 16.7 Å². The molecular weight excluding hydrogens is 451 g/mol. The topological polar surface area (TPSA) is 59.0 Å². The maximum atomic E-state index is 15.4. The summed E-state index contributed by atoms with van der Waals surface area (Å²) < 4.78 is 49.6. The number of benzene rings is 2. The van der Waals surface area contributed by atoms with Crippen molar-refractivity contribution in [1.82, 2.24) is 4.31 Å². The second kappa shape index (κ2) is 10.7. The summed E-state index contributed by atoms with van der Waals surface area (Å²) in [4.78, 5) is 3.97. The minimum atomic E-state index is -3.61. The molecule has 0 unspecified atom stereocenters. The summed E-state index contributed by atoms with van der Waals surface area (Å²) in [6.07, 6.45) is 4.83. The molecule has 184 valence electrons. The molecule has 2 aliphatic heterocycles. The van der Waals surface area contributed by atoms with Crippen LogP contribution in [0.15, 0.2) is 53.5 Å². The van der Waals surface area contributed by atoms with Gasteiger partial charge < -0.3 is 9.73 Å². The third kappa shape index (κ3) is 5.11. The first kappa shape index (κ1) is 25.0. The van der Waals surface area contributed by atoms with Gasteiger partial charge in [0.05, 0.1) is 0 Å². The maximum Gasteiger partial charge on any atom is 0.221 e. The van der Waals surface area contributed by atoms with E-state index in [0.29, 0.717) is 31.7 Å². The van der Waals surface area contributed by atoms with E-state index in [1.807, 2.05) is 43.3 Å². The molecule has 0 N–H and O–H groups in total. The molecule has 7 heteroatoms. The molecule has 2 atom stereocenters. The highest BCUT2D eigenvalue weighted by atomic mass is 32.2. The van der Waals surface area contributed by atoms with Crippen LogP contribution in [0, 0.1) is 5.82 Å². The van der Waals surface area contributed by atoms with Crippen LogP contribution in [-0.4, -0.2) is 45.2 Å². The first-order valence-corrected chi connectivity index (χ1v) is 13.7. The number of hydrogen-bond acceptors (Lipinski definition) is 4. The van der Waals surface area contributed by atoms with Gasteiger partial charge in [0.25, 0.3) is 0 Å². The Labute approximate surface area is 203 Å². The van der Waals surface area contributed by atoms with E-state index in [-0.39, 0.29) is 23.8 Å². The van der Waals surface area contributed by atoms with Crippen molar-refractivity contribution in [3.8, 4) is 0 Å². The van der Waals surface area contributed by atoms with Crippen molar-refractivity contribution in [1.29, 1.82) is 0 Å². The van der Waals surface area contributed by atoms with Crippen molar-refractivity contribution in [3.63, 3.8) is 0 Å². The monoisotopic (exact) mass is 486 g/mol. The van der Waals surface area contributed by atoms with Crippen molar-refractivity contribution in [2.24, 2.45) is 4.99 Å². The van der Waals surface area contributed by atoms with E-state index in [0.717, 1.165) is 43.2 Å². The van der Waals surface area contributed by atoms with E-state index in [9.17, 15) is 8.42 Å². The molecule has 2 aliphatic rings. The first-order chi connectivity index (χ1) is 16.4. The highest BCUT2D eigenvalue weighted by molar-refractivity contribution is 7.89. The van der Waals surface area contributed by atoms with Gasteiger partial charge in [-0.2, -0.15) is 4.31 Å². The minimum absolute atomic E-state index is 0.0510. The highest BCUT2D eigenvalue weighted by Gasteiger charge is 2.41. The Morgan fingerprint density at radius 3 is 2.56 bits per heavy atom. The van der Waals surface area contributed by atoms with Crippen LogP contribution in [0.2, 0.25) is 0 Å². The summed E-state index contributed by atoms with van der Waals surface area (Å²) >= 11 is 0. The standard InChI is InChI=1S/C27H35FN2O3S/c1-21-9-12-26(22-7-4-3-5-8-22)34(31,32)30(21)20-23-10-11-24(19-25(23)28)27(13-6-16-29-2)14-17-33-18-15-27/h3-5,7-8,10-11,19,21,26H,2,6,9,12-18,20H2,1H3/t21-,26+/m0/s1. The molecule has 0 spiro atoms. The Morgan fingerprint density at radius 1 is 1.15 bits per heavy atom. The Balaban J connectivity index is 1.58. The molecule has 0 saturated carbocycles. The van der Waals surface area contributed by atoms with Gasteiger partial charge in [0.1, 0.15) is 11.1 Å². The molecule has 2 heterocycles. The average Bonchev–Trinajstić information content (AvgIpc) is 2.83. The smallest absolute Gasteiger partial charge is 0.221 e. The van der Waals surface area contributed by atoms with Crippen molar-refractivity contribution in [3.05, 3.63) is 71.0 Å². The van der Waals surface area contributed by atoms with Crippen molar-refractivity contribution in [2.75, 3.05) is 19.8 Å². The normalized spacial score (nSPS) is 24.5. The van der Waals surface area contributed by atoms with Gasteiger partial charge in [-0.3, -0.25) is 0 Å². The van der Waals surface area contributed by atoms with Gasteiger partial charge in [-0.1, -0.05) is 42.5 Å². The van der Waals surface area contributed by atoms with Gasteiger partial charge in [-0.05, 0) is 74.8 Å². The van der Waals surface area contributed by atoms with E-state index in [2.05, 4.69) is 11.7 Å². The SMILES string of the molecule is C=NCCCC1(c2ccc(CN3[C@@H](C)CC[C@H](c4ccccc4)S3(=O)=O)c(F)c2)CCOCC1. The summed E-state index contributed by atoms with van der Waals surface area (Å²) in [5.41, 5.74) is 2.05. The summed E-state index contributed by atoms with van der Waals surface area (Å²) in [6.45, 7) is 7.55. The molecular formula is C27H35FN2O3S. The van der Waals surface area contributed by atoms with E-state index in [1.54, 1.807) is 12.1 Å². The lowest BCUT2D eigenvalue weighted by molar-refractivity contribution is 0.0461. The zero-order valence-electron chi connectivity index (χ0n) is 20.0. The molecule has 2 saturated heterocycles. The number of halogens is 1. The molecule has 2 fully saturated rings. The number of rotatable bonds is 8. The van der Waals surface area contributed by atoms with Crippen LogP contribution in [0.4, 0.5) is 4.39 Å². The van der Waals surface area contributed by atoms with Crippen LogP contribution >= 0.6 is 0 Å². The second-order valence-electron chi connectivity index (χ2n) is 9.67. The van der Waals surface area contributed by atoms with E-state index in [4.69, 9.17) is 4.74 Å². The van der Waals surface area contributed by atoms with Gasteiger partial charge in [-0.25, -0.2) is 12.8 Å². The fourth-order valence-corrected chi connectivity index (χ4v) is 7.69. The quantitative estimate of drug-likeness (QED) is 0.370.